The van der Waals surface area contributed by atoms with Gasteiger partial charge < -0.3 is 4.90 Å². The van der Waals surface area contributed by atoms with E-state index in [0.29, 0.717) is 12.2 Å². The number of benzene rings is 2. The van der Waals surface area contributed by atoms with E-state index in [9.17, 15) is 9.59 Å². The molecular formula is C23H23N3O2. The maximum absolute atomic E-state index is 13.0. The zero-order chi connectivity index (χ0) is 19.7. The van der Waals surface area contributed by atoms with Crippen molar-refractivity contribution in [3.05, 3.63) is 81.6 Å². The highest BCUT2D eigenvalue weighted by molar-refractivity contribution is 5.94. The van der Waals surface area contributed by atoms with E-state index < -0.39 is 0 Å². The van der Waals surface area contributed by atoms with Crippen LogP contribution in [0, 0.1) is 13.8 Å². The second-order valence-corrected chi connectivity index (χ2v) is 7.31. The van der Waals surface area contributed by atoms with E-state index in [1.54, 1.807) is 11.0 Å². The van der Waals surface area contributed by atoms with Crippen LogP contribution in [0.25, 0.3) is 11.3 Å². The molecule has 142 valence electrons. The van der Waals surface area contributed by atoms with Gasteiger partial charge in [0.1, 0.15) is 6.54 Å². The highest BCUT2D eigenvalue weighted by atomic mass is 16.2. The van der Waals surface area contributed by atoms with Crippen molar-refractivity contribution in [1.29, 1.82) is 0 Å². The fourth-order valence-corrected chi connectivity index (χ4v) is 3.72. The number of para-hydroxylation sites is 1. The van der Waals surface area contributed by atoms with Crippen LogP contribution in [0.1, 0.15) is 23.1 Å². The molecule has 1 aliphatic heterocycles. The molecule has 5 heteroatoms. The second kappa shape index (κ2) is 7.43. The lowest BCUT2D eigenvalue weighted by atomic mass is 10.0. The van der Waals surface area contributed by atoms with Crippen LogP contribution in [-0.2, 0) is 17.8 Å². The van der Waals surface area contributed by atoms with Crippen LogP contribution in [0.4, 0.5) is 5.69 Å². The molecule has 28 heavy (non-hydrogen) atoms. The smallest absolute Gasteiger partial charge is 0.267 e. The molecule has 0 unspecified atom stereocenters. The fourth-order valence-electron chi connectivity index (χ4n) is 3.72. The van der Waals surface area contributed by atoms with Crippen LogP contribution >= 0.6 is 0 Å². The Balaban J connectivity index is 1.65. The summed E-state index contributed by atoms with van der Waals surface area (Å²) < 4.78 is 1.27. The number of hydrogen-bond acceptors (Lipinski definition) is 3. The summed E-state index contributed by atoms with van der Waals surface area (Å²) in [7, 11) is 0. The summed E-state index contributed by atoms with van der Waals surface area (Å²) in [6.07, 6.45) is 1.90. The maximum Gasteiger partial charge on any atom is 0.267 e. The number of carbonyl (C=O) groups is 1. The molecule has 2 heterocycles. The summed E-state index contributed by atoms with van der Waals surface area (Å²) in [5.41, 5.74) is 5.73. The molecule has 0 spiro atoms. The zero-order valence-corrected chi connectivity index (χ0v) is 16.2. The minimum atomic E-state index is -0.271. The minimum Gasteiger partial charge on any atom is -0.311 e. The molecule has 0 N–H and O–H groups in total. The monoisotopic (exact) mass is 373 g/mol. The Morgan fingerprint density at radius 1 is 1.07 bits per heavy atom. The first-order valence-corrected chi connectivity index (χ1v) is 9.57. The van der Waals surface area contributed by atoms with Gasteiger partial charge in [-0.1, -0.05) is 35.9 Å². The number of carbonyl (C=O) groups excluding carboxylic acids is 1. The maximum atomic E-state index is 13.0. The molecule has 0 saturated heterocycles. The predicted molar refractivity (Wildman–Crippen MR) is 111 cm³/mol. The van der Waals surface area contributed by atoms with E-state index >= 15 is 0 Å². The van der Waals surface area contributed by atoms with Crippen molar-refractivity contribution >= 4 is 11.6 Å². The highest BCUT2D eigenvalue weighted by Crippen LogP contribution is 2.27. The fraction of sp³-hybridized carbons (Fsp3) is 0.261. The van der Waals surface area contributed by atoms with E-state index in [1.165, 1.54) is 16.3 Å². The van der Waals surface area contributed by atoms with Crippen molar-refractivity contribution in [3.63, 3.8) is 0 Å². The van der Waals surface area contributed by atoms with Crippen molar-refractivity contribution in [1.82, 2.24) is 9.78 Å². The molecule has 0 atom stereocenters. The lowest BCUT2D eigenvalue weighted by molar-refractivity contribution is -0.119. The number of aromatic nitrogens is 2. The first kappa shape index (κ1) is 18.2. The molecule has 1 aliphatic rings. The lowest BCUT2D eigenvalue weighted by Crippen LogP contribution is -2.40. The van der Waals surface area contributed by atoms with Crippen LogP contribution < -0.4 is 10.5 Å². The Labute approximate surface area is 164 Å². The predicted octanol–water partition coefficient (Wildman–Crippen LogP) is 3.51. The number of aryl methyl sites for hydroxylation is 3. The molecule has 4 rings (SSSR count). The number of rotatable bonds is 3. The molecule has 0 bridgehead atoms. The summed E-state index contributed by atoms with van der Waals surface area (Å²) >= 11 is 0. The van der Waals surface area contributed by atoms with E-state index in [4.69, 9.17) is 0 Å². The molecule has 1 aromatic heterocycles. The number of fused-ring (bicyclic) bond motifs is 1. The van der Waals surface area contributed by atoms with Gasteiger partial charge in [0, 0.05) is 23.9 Å². The van der Waals surface area contributed by atoms with Crippen molar-refractivity contribution in [2.24, 2.45) is 0 Å². The van der Waals surface area contributed by atoms with Crippen molar-refractivity contribution in [3.8, 4) is 11.3 Å². The third kappa shape index (κ3) is 3.48. The summed E-state index contributed by atoms with van der Waals surface area (Å²) in [6.45, 7) is 4.64. The summed E-state index contributed by atoms with van der Waals surface area (Å²) in [5.74, 6) is -0.111. The molecule has 0 radical (unpaired) electrons. The van der Waals surface area contributed by atoms with Crippen LogP contribution in [0.15, 0.2) is 59.4 Å². The van der Waals surface area contributed by atoms with Gasteiger partial charge in [0.2, 0.25) is 5.91 Å². The standard InChI is InChI=1S/C23H23N3O2/c1-16-9-10-17(2)19(14-16)20-11-12-22(27)26(24-20)15-23(28)25-13-5-7-18-6-3-4-8-21(18)25/h3-4,6,8-12,14H,5,7,13,15H2,1-2H3. The SMILES string of the molecule is Cc1ccc(C)c(-c2ccc(=O)n(CC(=O)N3CCCc4ccccc43)n2)c1. The van der Waals surface area contributed by atoms with Gasteiger partial charge in [-0.3, -0.25) is 9.59 Å². The summed E-state index contributed by atoms with van der Waals surface area (Å²) in [5, 5.41) is 4.49. The van der Waals surface area contributed by atoms with E-state index in [1.807, 2.05) is 44.2 Å². The van der Waals surface area contributed by atoms with Gasteiger partial charge in [-0.2, -0.15) is 5.10 Å². The Kier molecular flexibility index (Phi) is 4.82. The third-order valence-corrected chi connectivity index (χ3v) is 5.23. The summed E-state index contributed by atoms with van der Waals surface area (Å²) in [6, 6.07) is 17.3. The summed E-state index contributed by atoms with van der Waals surface area (Å²) in [4.78, 5) is 27.1. The van der Waals surface area contributed by atoms with Gasteiger partial charge in [-0.15, -0.1) is 0 Å². The zero-order valence-electron chi connectivity index (χ0n) is 16.2. The quantitative estimate of drug-likeness (QED) is 0.706. The second-order valence-electron chi connectivity index (χ2n) is 7.31. The van der Waals surface area contributed by atoms with Crippen molar-refractivity contribution in [2.45, 2.75) is 33.2 Å². The van der Waals surface area contributed by atoms with Crippen LogP contribution in [0.2, 0.25) is 0 Å². The Hall–Kier alpha value is -3.21. The Morgan fingerprint density at radius 3 is 2.75 bits per heavy atom. The van der Waals surface area contributed by atoms with Gasteiger partial charge in [0.15, 0.2) is 0 Å². The average molecular weight is 373 g/mol. The first-order valence-electron chi connectivity index (χ1n) is 9.57. The number of hydrogen-bond donors (Lipinski definition) is 0. The van der Waals surface area contributed by atoms with E-state index in [0.717, 1.165) is 35.2 Å². The average Bonchev–Trinajstić information content (AvgIpc) is 2.71. The minimum absolute atomic E-state index is 0.0636. The number of anilines is 1. The molecule has 5 nitrogen and oxygen atoms in total. The molecule has 2 aromatic carbocycles. The highest BCUT2D eigenvalue weighted by Gasteiger charge is 2.23. The van der Waals surface area contributed by atoms with Crippen LogP contribution in [-0.4, -0.2) is 22.2 Å². The largest absolute Gasteiger partial charge is 0.311 e. The topological polar surface area (TPSA) is 55.2 Å². The Morgan fingerprint density at radius 2 is 1.89 bits per heavy atom. The Bertz CT molecular complexity index is 1100. The van der Waals surface area contributed by atoms with Crippen LogP contribution in [0.5, 0.6) is 0 Å². The van der Waals surface area contributed by atoms with Gasteiger partial charge in [-0.25, -0.2) is 4.68 Å². The van der Waals surface area contributed by atoms with Gasteiger partial charge in [-0.05, 0) is 56.0 Å². The van der Waals surface area contributed by atoms with Gasteiger partial charge in [0.05, 0.1) is 5.69 Å². The molecule has 0 fully saturated rings. The molecule has 1 amide bonds. The van der Waals surface area contributed by atoms with Crippen molar-refractivity contribution < 1.29 is 4.79 Å². The number of nitrogens with zero attached hydrogens (tertiary/aromatic N) is 3. The van der Waals surface area contributed by atoms with Crippen molar-refractivity contribution in [2.75, 3.05) is 11.4 Å². The molecular weight excluding hydrogens is 350 g/mol. The van der Waals surface area contributed by atoms with E-state index in [-0.39, 0.29) is 18.0 Å². The third-order valence-electron chi connectivity index (χ3n) is 5.23. The molecule has 0 saturated carbocycles. The lowest BCUT2D eigenvalue weighted by Gasteiger charge is -2.29. The van der Waals surface area contributed by atoms with Gasteiger partial charge >= 0.3 is 0 Å². The normalized spacial score (nSPS) is 13.3. The number of amides is 1. The molecule has 3 aromatic rings. The van der Waals surface area contributed by atoms with Crippen LogP contribution in [0.3, 0.4) is 0 Å². The first-order chi connectivity index (χ1) is 13.5. The van der Waals surface area contributed by atoms with E-state index in [2.05, 4.69) is 17.2 Å². The molecule has 0 aliphatic carbocycles. The van der Waals surface area contributed by atoms with Gasteiger partial charge in [0.25, 0.3) is 5.56 Å².